The van der Waals surface area contributed by atoms with Gasteiger partial charge in [-0.25, -0.2) is 4.39 Å². The number of nitrogens with zero attached hydrogens (tertiary/aromatic N) is 3. The van der Waals surface area contributed by atoms with E-state index in [9.17, 15) is 14.4 Å². The number of benzene rings is 1. The standard InChI is InChI=1S/C26H30ClFN6O/c27-19-10-9-18(16-20(19)28)32-24-23-21(11-15-30-25(23)35)34(33-24)26(13-14-29)12-5-4-8-22(26)31-17-6-2-1-3-7-17/h9-11,15-17,22,31H,1-8,12-13H2,(H,30,35)(H,32,33). The molecule has 2 aliphatic carbocycles. The van der Waals surface area contributed by atoms with E-state index < -0.39 is 11.4 Å². The first-order chi connectivity index (χ1) is 17.0. The molecule has 2 fully saturated rings. The van der Waals surface area contributed by atoms with Crippen LogP contribution in [-0.4, -0.2) is 26.8 Å². The van der Waals surface area contributed by atoms with Crippen LogP contribution in [0, 0.1) is 17.1 Å². The van der Waals surface area contributed by atoms with Gasteiger partial charge in [0.15, 0.2) is 5.82 Å². The second-order valence-corrected chi connectivity index (χ2v) is 10.2. The number of hydrogen-bond donors (Lipinski definition) is 3. The van der Waals surface area contributed by atoms with E-state index in [1.54, 1.807) is 12.3 Å². The molecular formula is C26H30ClFN6O. The molecule has 2 aliphatic rings. The number of anilines is 2. The largest absolute Gasteiger partial charge is 0.338 e. The summed E-state index contributed by atoms with van der Waals surface area (Å²) in [5, 5.41) is 22.3. The fourth-order valence-corrected chi connectivity index (χ4v) is 6.02. The number of H-pyrrole nitrogens is 1. The number of hydrogen-bond acceptors (Lipinski definition) is 5. The van der Waals surface area contributed by atoms with Crippen LogP contribution in [0.3, 0.4) is 0 Å². The zero-order chi connectivity index (χ0) is 24.4. The fourth-order valence-electron chi connectivity index (χ4n) is 5.91. The van der Waals surface area contributed by atoms with Gasteiger partial charge in [-0.1, -0.05) is 43.7 Å². The summed E-state index contributed by atoms with van der Waals surface area (Å²) in [6, 6.07) is 9.16. The number of nitriles is 1. The first-order valence-electron chi connectivity index (χ1n) is 12.5. The molecule has 0 bridgehead atoms. The molecule has 0 spiro atoms. The summed E-state index contributed by atoms with van der Waals surface area (Å²) in [5.74, 6) is -0.220. The number of aromatic nitrogens is 3. The minimum Gasteiger partial charge on any atom is -0.338 e. The molecule has 35 heavy (non-hydrogen) atoms. The Morgan fingerprint density at radius 2 is 2.00 bits per heavy atom. The van der Waals surface area contributed by atoms with Gasteiger partial charge in [0.25, 0.3) is 5.56 Å². The van der Waals surface area contributed by atoms with Crippen LogP contribution in [0.4, 0.5) is 15.9 Å². The van der Waals surface area contributed by atoms with Crippen molar-refractivity contribution >= 4 is 34.0 Å². The number of pyridine rings is 1. The monoisotopic (exact) mass is 496 g/mol. The van der Waals surface area contributed by atoms with Crippen molar-refractivity contribution in [1.82, 2.24) is 20.1 Å². The van der Waals surface area contributed by atoms with Crippen molar-refractivity contribution in [3.05, 3.63) is 51.7 Å². The molecule has 0 aliphatic heterocycles. The molecular weight excluding hydrogens is 467 g/mol. The third-order valence-corrected chi connectivity index (χ3v) is 7.94. The summed E-state index contributed by atoms with van der Waals surface area (Å²) in [6.07, 6.45) is 11.7. The van der Waals surface area contributed by atoms with Crippen LogP contribution in [-0.2, 0) is 5.54 Å². The second kappa shape index (κ2) is 10.00. The van der Waals surface area contributed by atoms with E-state index >= 15 is 0 Å². The van der Waals surface area contributed by atoms with Gasteiger partial charge in [0.05, 0.1) is 28.6 Å². The predicted molar refractivity (Wildman–Crippen MR) is 136 cm³/mol. The lowest BCUT2D eigenvalue weighted by Crippen LogP contribution is -2.57. The zero-order valence-corrected chi connectivity index (χ0v) is 20.4. The second-order valence-electron chi connectivity index (χ2n) is 9.82. The van der Waals surface area contributed by atoms with Crippen molar-refractivity contribution < 1.29 is 4.39 Å². The van der Waals surface area contributed by atoms with Gasteiger partial charge < -0.3 is 15.6 Å². The molecule has 0 radical (unpaired) electrons. The van der Waals surface area contributed by atoms with Crippen LogP contribution in [0.15, 0.2) is 35.3 Å². The average Bonchev–Trinajstić information content (AvgIpc) is 3.23. The lowest BCUT2D eigenvalue weighted by atomic mass is 9.74. The molecule has 3 aromatic rings. The molecule has 0 saturated heterocycles. The van der Waals surface area contributed by atoms with Crippen LogP contribution in [0.2, 0.25) is 5.02 Å². The van der Waals surface area contributed by atoms with Crippen molar-refractivity contribution in [1.29, 1.82) is 5.26 Å². The number of fused-ring (bicyclic) bond motifs is 1. The van der Waals surface area contributed by atoms with Crippen LogP contribution < -0.4 is 16.2 Å². The van der Waals surface area contributed by atoms with E-state index in [2.05, 4.69) is 21.7 Å². The highest BCUT2D eigenvalue weighted by molar-refractivity contribution is 6.30. The maximum Gasteiger partial charge on any atom is 0.261 e. The Bertz CT molecular complexity index is 1310. The van der Waals surface area contributed by atoms with E-state index in [1.165, 1.54) is 31.4 Å². The molecule has 2 aromatic heterocycles. The van der Waals surface area contributed by atoms with E-state index in [0.29, 0.717) is 28.5 Å². The zero-order valence-electron chi connectivity index (χ0n) is 19.6. The van der Waals surface area contributed by atoms with Crippen LogP contribution in [0.1, 0.15) is 64.2 Å². The van der Waals surface area contributed by atoms with Gasteiger partial charge in [0.2, 0.25) is 0 Å². The third kappa shape index (κ3) is 4.55. The molecule has 2 heterocycles. The molecule has 1 aromatic carbocycles. The number of rotatable bonds is 6. The number of halogens is 2. The SMILES string of the molecule is N#CCC1(n2nc(Nc3ccc(Cl)c(F)c3)c3c(=O)[nH]ccc32)CCCCC1NC1CCCCC1. The Morgan fingerprint density at radius 1 is 1.20 bits per heavy atom. The van der Waals surface area contributed by atoms with E-state index in [4.69, 9.17) is 16.7 Å². The maximum atomic E-state index is 14.1. The topological polar surface area (TPSA) is 98.5 Å². The van der Waals surface area contributed by atoms with Gasteiger partial charge in [-0.2, -0.15) is 10.4 Å². The van der Waals surface area contributed by atoms with Crippen LogP contribution in [0.5, 0.6) is 0 Å². The fraction of sp³-hybridized carbons (Fsp3) is 0.500. The van der Waals surface area contributed by atoms with Gasteiger partial charge in [-0.15, -0.1) is 0 Å². The van der Waals surface area contributed by atoms with Crippen molar-refractivity contribution in [2.24, 2.45) is 0 Å². The molecule has 7 nitrogen and oxygen atoms in total. The summed E-state index contributed by atoms with van der Waals surface area (Å²) in [6.45, 7) is 0. The Labute approximate surface area is 208 Å². The maximum absolute atomic E-state index is 14.1. The minimum atomic E-state index is -0.582. The summed E-state index contributed by atoms with van der Waals surface area (Å²) in [7, 11) is 0. The third-order valence-electron chi connectivity index (χ3n) is 7.64. The average molecular weight is 497 g/mol. The minimum absolute atomic E-state index is 0.0237. The summed E-state index contributed by atoms with van der Waals surface area (Å²) >= 11 is 5.84. The predicted octanol–water partition coefficient (Wildman–Crippen LogP) is 5.73. The Balaban J connectivity index is 1.61. The smallest absolute Gasteiger partial charge is 0.261 e. The highest BCUT2D eigenvalue weighted by Crippen LogP contribution is 2.41. The molecule has 9 heteroatoms. The number of aromatic amines is 1. The Morgan fingerprint density at radius 3 is 2.77 bits per heavy atom. The molecule has 5 rings (SSSR count). The van der Waals surface area contributed by atoms with Gasteiger partial charge >= 0.3 is 0 Å². The normalized spacial score (nSPS) is 23.3. The molecule has 2 unspecified atom stereocenters. The van der Waals surface area contributed by atoms with Gasteiger partial charge in [-0.05, 0) is 49.9 Å². The van der Waals surface area contributed by atoms with Crippen molar-refractivity contribution in [2.45, 2.75) is 81.8 Å². The quantitative estimate of drug-likeness (QED) is 0.404. The summed E-state index contributed by atoms with van der Waals surface area (Å²) in [5.41, 5.74) is 0.238. The van der Waals surface area contributed by atoms with Crippen LogP contribution in [0.25, 0.3) is 10.9 Å². The summed E-state index contributed by atoms with van der Waals surface area (Å²) < 4.78 is 16.0. The van der Waals surface area contributed by atoms with E-state index in [1.807, 2.05) is 10.7 Å². The Kier molecular flexibility index (Phi) is 6.81. The molecule has 0 amide bonds. The molecule has 2 saturated carbocycles. The van der Waals surface area contributed by atoms with Crippen molar-refractivity contribution in [3.63, 3.8) is 0 Å². The lowest BCUT2D eigenvalue weighted by molar-refractivity contribution is 0.110. The molecule has 3 N–H and O–H groups in total. The van der Waals surface area contributed by atoms with E-state index in [0.717, 1.165) is 38.5 Å². The Hall–Kier alpha value is -2.89. The highest BCUT2D eigenvalue weighted by atomic mass is 35.5. The van der Waals surface area contributed by atoms with E-state index in [-0.39, 0.29) is 23.0 Å². The van der Waals surface area contributed by atoms with Gasteiger partial charge in [0, 0.05) is 24.0 Å². The van der Waals surface area contributed by atoms with Crippen molar-refractivity contribution in [3.8, 4) is 6.07 Å². The first kappa shape index (κ1) is 23.8. The van der Waals surface area contributed by atoms with Gasteiger partial charge in [-0.3, -0.25) is 9.48 Å². The molecule has 184 valence electrons. The summed E-state index contributed by atoms with van der Waals surface area (Å²) in [4.78, 5) is 15.7. The first-order valence-corrected chi connectivity index (χ1v) is 12.9. The number of nitrogens with one attached hydrogen (secondary N) is 3. The van der Waals surface area contributed by atoms with Crippen molar-refractivity contribution in [2.75, 3.05) is 5.32 Å². The highest BCUT2D eigenvalue weighted by Gasteiger charge is 2.45. The van der Waals surface area contributed by atoms with Crippen LogP contribution >= 0.6 is 11.6 Å². The van der Waals surface area contributed by atoms with Gasteiger partial charge in [0.1, 0.15) is 11.2 Å². The lowest BCUT2D eigenvalue weighted by Gasteiger charge is -2.45. The molecule has 2 atom stereocenters.